The fourth-order valence-electron chi connectivity index (χ4n) is 1.72. The molecule has 0 radical (unpaired) electrons. The summed E-state index contributed by atoms with van der Waals surface area (Å²) in [7, 11) is 2.03. The van der Waals surface area contributed by atoms with Gasteiger partial charge in [-0.05, 0) is 31.9 Å². The van der Waals surface area contributed by atoms with Gasteiger partial charge in [0.2, 0.25) is 0 Å². The van der Waals surface area contributed by atoms with Crippen molar-refractivity contribution in [1.29, 1.82) is 0 Å². The molecule has 0 aliphatic rings. The van der Waals surface area contributed by atoms with E-state index in [1.807, 2.05) is 33.0 Å². The van der Waals surface area contributed by atoms with Gasteiger partial charge in [-0.2, -0.15) is 0 Å². The average Bonchev–Trinajstić information content (AvgIpc) is 2.25. The van der Waals surface area contributed by atoms with Crippen molar-refractivity contribution in [3.05, 3.63) is 29.8 Å². The van der Waals surface area contributed by atoms with Crippen LogP contribution < -0.4 is 10.6 Å². The second-order valence-electron chi connectivity index (χ2n) is 4.41. The van der Waals surface area contributed by atoms with Crippen LogP contribution in [0.25, 0.3) is 0 Å². The summed E-state index contributed by atoms with van der Waals surface area (Å²) in [6, 6.07) is 8.18. The van der Waals surface area contributed by atoms with E-state index in [0.717, 1.165) is 24.2 Å². The summed E-state index contributed by atoms with van der Waals surface area (Å²) in [5.41, 5.74) is 8.23. The highest BCUT2D eigenvalue weighted by molar-refractivity contribution is 5.54. The van der Waals surface area contributed by atoms with E-state index in [2.05, 4.69) is 17.0 Å². The van der Waals surface area contributed by atoms with Crippen LogP contribution in [0.1, 0.15) is 31.9 Å². The summed E-state index contributed by atoms with van der Waals surface area (Å²) in [4.78, 5) is 2.14. The van der Waals surface area contributed by atoms with Gasteiger partial charge in [-0.15, -0.1) is 0 Å². The maximum Gasteiger partial charge on any atom is 0.0528 e. The Bertz CT molecular complexity index is 323. The van der Waals surface area contributed by atoms with Crippen molar-refractivity contribution in [3.8, 4) is 0 Å². The molecule has 3 N–H and O–H groups in total. The first-order chi connectivity index (χ1) is 7.52. The molecule has 3 heteroatoms. The summed E-state index contributed by atoms with van der Waals surface area (Å²) in [6.07, 6.45) is 0.508. The molecule has 16 heavy (non-hydrogen) atoms. The van der Waals surface area contributed by atoms with E-state index in [0.29, 0.717) is 0 Å². The SMILES string of the molecule is CC(O)CCN(C)c1ccccc1C(C)N. The van der Waals surface area contributed by atoms with Gasteiger partial charge in [-0.3, -0.25) is 0 Å². The molecule has 1 rings (SSSR count). The van der Waals surface area contributed by atoms with Gasteiger partial charge < -0.3 is 15.7 Å². The first-order valence-electron chi connectivity index (χ1n) is 5.76. The molecule has 0 saturated heterocycles. The summed E-state index contributed by atoms with van der Waals surface area (Å²) in [5, 5.41) is 9.28. The Kier molecular flexibility index (Phi) is 4.77. The average molecular weight is 222 g/mol. The molecule has 0 amide bonds. The van der Waals surface area contributed by atoms with Crippen LogP contribution in [0.3, 0.4) is 0 Å². The first-order valence-corrected chi connectivity index (χ1v) is 5.76. The van der Waals surface area contributed by atoms with E-state index in [9.17, 15) is 5.11 Å². The Morgan fingerprint density at radius 1 is 1.31 bits per heavy atom. The molecule has 0 fully saturated rings. The maximum atomic E-state index is 9.28. The standard InChI is InChI=1S/C13H22N2O/c1-10(16)8-9-15(3)13-7-5-4-6-12(13)11(2)14/h4-7,10-11,16H,8-9,14H2,1-3H3. The minimum Gasteiger partial charge on any atom is -0.393 e. The quantitative estimate of drug-likeness (QED) is 0.800. The van der Waals surface area contributed by atoms with Crippen molar-refractivity contribution in [2.75, 3.05) is 18.5 Å². The molecule has 0 saturated carbocycles. The van der Waals surface area contributed by atoms with Gasteiger partial charge in [0.25, 0.3) is 0 Å². The third kappa shape index (κ3) is 3.51. The molecule has 0 bridgehead atoms. The third-order valence-corrected chi connectivity index (χ3v) is 2.72. The summed E-state index contributed by atoms with van der Waals surface area (Å²) < 4.78 is 0. The number of aliphatic hydroxyl groups is 1. The van der Waals surface area contributed by atoms with Gasteiger partial charge >= 0.3 is 0 Å². The molecule has 1 aromatic carbocycles. The fourth-order valence-corrected chi connectivity index (χ4v) is 1.72. The van der Waals surface area contributed by atoms with Gasteiger partial charge in [0.05, 0.1) is 6.10 Å². The van der Waals surface area contributed by atoms with E-state index < -0.39 is 0 Å². The number of benzene rings is 1. The Balaban J connectivity index is 2.77. The number of nitrogens with zero attached hydrogens (tertiary/aromatic N) is 1. The van der Waals surface area contributed by atoms with Crippen molar-refractivity contribution in [2.45, 2.75) is 32.4 Å². The van der Waals surface area contributed by atoms with E-state index in [4.69, 9.17) is 5.73 Å². The zero-order valence-corrected chi connectivity index (χ0v) is 10.4. The molecule has 0 spiro atoms. The molecule has 2 unspecified atom stereocenters. The highest BCUT2D eigenvalue weighted by Gasteiger charge is 2.10. The van der Waals surface area contributed by atoms with Crippen LogP contribution in [0.2, 0.25) is 0 Å². The van der Waals surface area contributed by atoms with Crippen LogP contribution in [-0.4, -0.2) is 24.8 Å². The van der Waals surface area contributed by atoms with Gasteiger partial charge in [-0.25, -0.2) is 0 Å². The van der Waals surface area contributed by atoms with Crippen molar-refractivity contribution in [3.63, 3.8) is 0 Å². The molecular weight excluding hydrogens is 200 g/mol. The highest BCUT2D eigenvalue weighted by atomic mass is 16.3. The number of hydrogen-bond donors (Lipinski definition) is 2. The van der Waals surface area contributed by atoms with E-state index in [1.165, 1.54) is 0 Å². The first kappa shape index (κ1) is 13.0. The smallest absolute Gasteiger partial charge is 0.0528 e. The van der Waals surface area contributed by atoms with E-state index >= 15 is 0 Å². The van der Waals surface area contributed by atoms with Crippen LogP contribution in [0.4, 0.5) is 5.69 Å². The molecule has 0 aromatic heterocycles. The van der Waals surface area contributed by atoms with Crippen molar-refractivity contribution in [2.24, 2.45) is 5.73 Å². The van der Waals surface area contributed by atoms with E-state index in [1.54, 1.807) is 0 Å². The van der Waals surface area contributed by atoms with Crippen molar-refractivity contribution >= 4 is 5.69 Å². The molecule has 0 aliphatic heterocycles. The summed E-state index contributed by atoms with van der Waals surface area (Å²) in [6.45, 7) is 4.63. The van der Waals surface area contributed by atoms with Gasteiger partial charge in [0, 0.05) is 25.3 Å². The minimum atomic E-state index is -0.259. The number of rotatable bonds is 5. The van der Waals surface area contributed by atoms with Crippen LogP contribution in [0.15, 0.2) is 24.3 Å². The lowest BCUT2D eigenvalue weighted by molar-refractivity contribution is 0.187. The van der Waals surface area contributed by atoms with Gasteiger partial charge in [0.1, 0.15) is 0 Å². The third-order valence-electron chi connectivity index (χ3n) is 2.72. The highest BCUT2D eigenvalue weighted by Crippen LogP contribution is 2.24. The summed E-state index contributed by atoms with van der Waals surface area (Å²) >= 11 is 0. The van der Waals surface area contributed by atoms with Crippen LogP contribution in [0, 0.1) is 0 Å². The molecule has 0 aliphatic carbocycles. The number of para-hydroxylation sites is 1. The van der Waals surface area contributed by atoms with Crippen LogP contribution in [0.5, 0.6) is 0 Å². The zero-order valence-electron chi connectivity index (χ0n) is 10.4. The number of hydrogen-bond acceptors (Lipinski definition) is 3. The van der Waals surface area contributed by atoms with Crippen LogP contribution in [-0.2, 0) is 0 Å². The fraction of sp³-hybridized carbons (Fsp3) is 0.538. The lowest BCUT2D eigenvalue weighted by Crippen LogP contribution is -2.24. The van der Waals surface area contributed by atoms with Gasteiger partial charge in [-0.1, -0.05) is 18.2 Å². The Hall–Kier alpha value is -1.06. The van der Waals surface area contributed by atoms with Crippen LogP contribution >= 0.6 is 0 Å². The molecular formula is C13H22N2O. The van der Waals surface area contributed by atoms with Crippen molar-refractivity contribution in [1.82, 2.24) is 0 Å². The van der Waals surface area contributed by atoms with Gasteiger partial charge in [0.15, 0.2) is 0 Å². The van der Waals surface area contributed by atoms with Crippen molar-refractivity contribution < 1.29 is 5.11 Å². The van der Waals surface area contributed by atoms with E-state index in [-0.39, 0.29) is 12.1 Å². The normalized spacial score (nSPS) is 14.6. The second-order valence-corrected chi connectivity index (χ2v) is 4.41. The maximum absolute atomic E-state index is 9.28. The minimum absolute atomic E-state index is 0.0326. The second kappa shape index (κ2) is 5.87. The zero-order chi connectivity index (χ0) is 12.1. The lowest BCUT2D eigenvalue weighted by atomic mass is 10.1. The molecule has 3 nitrogen and oxygen atoms in total. The predicted molar refractivity (Wildman–Crippen MR) is 68.6 cm³/mol. The Morgan fingerprint density at radius 2 is 1.94 bits per heavy atom. The number of anilines is 1. The monoisotopic (exact) mass is 222 g/mol. The predicted octanol–water partition coefficient (Wildman–Crippen LogP) is 1.91. The topological polar surface area (TPSA) is 49.5 Å². The number of aliphatic hydroxyl groups excluding tert-OH is 1. The largest absolute Gasteiger partial charge is 0.393 e. The Labute approximate surface area is 97.9 Å². The number of nitrogens with two attached hydrogens (primary N) is 1. The summed E-state index contributed by atoms with van der Waals surface area (Å²) in [5.74, 6) is 0. The molecule has 2 atom stereocenters. The molecule has 0 heterocycles. The molecule has 1 aromatic rings. The molecule has 90 valence electrons. The lowest BCUT2D eigenvalue weighted by Gasteiger charge is -2.24. The Morgan fingerprint density at radius 3 is 2.50 bits per heavy atom.